The lowest BCUT2D eigenvalue weighted by atomic mass is 9.98. The zero-order chi connectivity index (χ0) is 20.1. The van der Waals surface area contributed by atoms with E-state index in [1.165, 1.54) is 23.0 Å². The summed E-state index contributed by atoms with van der Waals surface area (Å²) in [5, 5.41) is 12.2. The first kappa shape index (κ1) is 19.4. The Kier molecular flexibility index (Phi) is 4.98. The molecule has 1 aliphatic rings. The van der Waals surface area contributed by atoms with Crippen molar-refractivity contribution in [1.82, 2.24) is 14.9 Å². The summed E-state index contributed by atoms with van der Waals surface area (Å²) in [4.78, 5) is 10.9. The zero-order valence-electron chi connectivity index (χ0n) is 16.8. The maximum Gasteiger partial charge on any atom is 0.144 e. The van der Waals surface area contributed by atoms with Gasteiger partial charge in [0.1, 0.15) is 11.5 Å². The molecule has 0 saturated carbocycles. The van der Waals surface area contributed by atoms with Gasteiger partial charge >= 0.3 is 0 Å². The standard InChI is InChI=1S/C22H26FN3OS/c1-13-7-17(8-14(2)24-13)9-16-5-6-26(12-16)22(4,27)18-10-20-21(11-19(18)23)28-15(3)25-20/h7-8,10-11,16,27H,5-6,9,12H2,1-4H3/t16?,22-/m0/s1. The molecule has 2 aromatic heterocycles. The number of nitrogens with zero attached hydrogens (tertiary/aromatic N) is 3. The largest absolute Gasteiger partial charge is 0.372 e. The summed E-state index contributed by atoms with van der Waals surface area (Å²) >= 11 is 1.47. The van der Waals surface area contributed by atoms with Gasteiger partial charge in [0.15, 0.2) is 0 Å². The Bertz CT molecular complexity index is 1010. The first-order valence-corrected chi connectivity index (χ1v) is 10.5. The minimum Gasteiger partial charge on any atom is -0.372 e. The number of halogens is 1. The fourth-order valence-corrected chi connectivity index (χ4v) is 5.20. The molecule has 0 bridgehead atoms. The lowest BCUT2D eigenvalue weighted by Gasteiger charge is -2.34. The molecule has 28 heavy (non-hydrogen) atoms. The Hall–Kier alpha value is -1.89. The molecule has 2 atom stereocenters. The molecule has 1 unspecified atom stereocenters. The van der Waals surface area contributed by atoms with Gasteiger partial charge in [-0.05, 0) is 76.3 Å². The van der Waals surface area contributed by atoms with Gasteiger partial charge in [0.05, 0.1) is 15.2 Å². The Labute approximate surface area is 169 Å². The van der Waals surface area contributed by atoms with E-state index in [2.05, 4.69) is 22.1 Å². The van der Waals surface area contributed by atoms with Gasteiger partial charge in [-0.1, -0.05) is 0 Å². The third-order valence-electron chi connectivity index (χ3n) is 5.66. The average Bonchev–Trinajstić information content (AvgIpc) is 3.18. The van der Waals surface area contributed by atoms with Crippen molar-refractivity contribution in [2.75, 3.05) is 13.1 Å². The summed E-state index contributed by atoms with van der Waals surface area (Å²) in [5.41, 5.74) is 3.05. The lowest BCUT2D eigenvalue weighted by molar-refractivity contribution is -0.0923. The summed E-state index contributed by atoms with van der Waals surface area (Å²) in [7, 11) is 0. The van der Waals surface area contributed by atoms with Crippen LogP contribution >= 0.6 is 11.3 Å². The Morgan fingerprint density at radius 1 is 1.18 bits per heavy atom. The number of hydrogen-bond donors (Lipinski definition) is 1. The fraction of sp³-hybridized carbons (Fsp3) is 0.455. The van der Waals surface area contributed by atoms with E-state index in [0.29, 0.717) is 11.5 Å². The Morgan fingerprint density at radius 3 is 2.61 bits per heavy atom. The number of thiazole rings is 1. The number of fused-ring (bicyclic) bond motifs is 1. The highest BCUT2D eigenvalue weighted by Crippen LogP contribution is 2.36. The number of aliphatic hydroxyl groups is 1. The molecule has 4 nitrogen and oxygen atoms in total. The van der Waals surface area contributed by atoms with Crippen LogP contribution in [-0.2, 0) is 12.1 Å². The van der Waals surface area contributed by atoms with Crippen LogP contribution in [0.2, 0.25) is 0 Å². The highest BCUT2D eigenvalue weighted by atomic mass is 32.1. The number of hydrogen-bond acceptors (Lipinski definition) is 5. The van der Waals surface area contributed by atoms with Crippen LogP contribution in [0.4, 0.5) is 4.39 Å². The fourth-order valence-electron chi connectivity index (χ4n) is 4.36. The lowest BCUT2D eigenvalue weighted by Crippen LogP contribution is -2.43. The molecule has 1 aromatic carbocycles. The summed E-state index contributed by atoms with van der Waals surface area (Å²) in [6.45, 7) is 9.12. The average molecular weight is 400 g/mol. The van der Waals surface area contributed by atoms with Crippen LogP contribution in [0.5, 0.6) is 0 Å². The molecule has 4 rings (SSSR count). The maximum atomic E-state index is 14.8. The molecule has 1 N–H and O–H groups in total. The Balaban J connectivity index is 1.54. The predicted molar refractivity (Wildman–Crippen MR) is 111 cm³/mol. The van der Waals surface area contributed by atoms with Gasteiger partial charge in [0.25, 0.3) is 0 Å². The number of pyridine rings is 1. The molecule has 0 aliphatic carbocycles. The summed E-state index contributed by atoms with van der Waals surface area (Å²) in [5.74, 6) is 0.0611. The quantitative estimate of drug-likeness (QED) is 0.702. The van der Waals surface area contributed by atoms with Crippen LogP contribution in [0.15, 0.2) is 24.3 Å². The van der Waals surface area contributed by atoms with Crippen molar-refractivity contribution in [3.8, 4) is 0 Å². The van der Waals surface area contributed by atoms with Crippen LogP contribution in [0.25, 0.3) is 10.2 Å². The van der Waals surface area contributed by atoms with E-state index in [4.69, 9.17) is 0 Å². The minimum absolute atomic E-state index is 0.307. The summed E-state index contributed by atoms with van der Waals surface area (Å²) < 4.78 is 15.6. The van der Waals surface area contributed by atoms with Gasteiger partial charge in [0.2, 0.25) is 0 Å². The molecule has 0 spiro atoms. The summed E-state index contributed by atoms with van der Waals surface area (Å²) in [6, 6.07) is 7.47. The van der Waals surface area contributed by atoms with Crippen molar-refractivity contribution in [1.29, 1.82) is 0 Å². The van der Waals surface area contributed by atoms with Crippen LogP contribution < -0.4 is 0 Å². The monoisotopic (exact) mass is 399 g/mol. The molecular formula is C22H26FN3OS. The van der Waals surface area contributed by atoms with E-state index < -0.39 is 5.72 Å². The highest BCUT2D eigenvalue weighted by Gasteiger charge is 2.38. The van der Waals surface area contributed by atoms with Gasteiger partial charge in [-0.15, -0.1) is 11.3 Å². The van der Waals surface area contributed by atoms with Crippen LogP contribution in [0.1, 0.15) is 40.9 Å². The van der Waals surface area contributed by atoms with Crippen LogP contribution in [-0.4, -0.2) is 33.1 Å². The van der Waals surface area contributed by atoms with E-state index in [-0.39, 0.29) is 5.82 Å². The first-order valence-electron chi connectivity index (χ1n) is 9.71. The number of aromatic nitrogens is 2. The second-order valence-electron chi connectivity index (χ2n) is 8.12. The normalized spacial score (nSPS) is 20.0. The van der Waals surface area contributed by atoms with E-state index in [1.54, 1.807) is 13.0 Å². The first-order chi connectivity index (χ1) is 13.2. The van der Waals surface area contributed by atoms with E-state index in [9.17, 15) is 9.50 Å². The van der Waals surface area contributed by atoms with Crippen molar-refractivity contribution >= 4 is 21.6 Å². The second kappa shape index (κ2) is 7.17. The van der Waals surface area contributed by atoms with Crippen molar-refractivity contribution < 1.29 is 9.50 Å². The van der Waals surface area contributed by atoms with Gasteiger partial charge < -0.3 is 5.11 Å². The number of aryl methyl sites for hydroxylation is 3. The number of benzene rings is 1. The molecule has 0 radical (unpaired) electrons. The van der Waals surface area contributed by atoms with Gasteiger partial charge in [0, 0.05) is 30.0 Å². The SMILES string of the molecule is Cc1cc(CC2CCN([C@@](C)(O)c3cc4nc(C)sc4cc3F)C2)cc(C)n1. The van der Waals surface area contributed by atoms with Crippen molar-refractivity contribution in [3.05, 3.63) is 57.6 Å². The number of likely N-dealkylation sites (tertiary alicyclic amines) is 1. The molecule has 3 aromatic rings. The molecular weight excluding hydrogens is 373 g/mol. The third kappa shape index (κ3) is 3.69. The molecule has 3 heterocycles. The molecule has 0 amide bonds. The zero-order valence-corrected chi connectivity index (χ0v) is 17.6. The predicted octanol–water partition coefficient (Wildman–Crippen LogP) is 4.49. The molecule has 1 fully saturated rings. The van der Waals surface area contributed by atoms with E-state index in [0.717, 1.165) is 52.5 Å². The van der Waals surface area contributed by atoms with Crippen LogP contribution in [0, 0.1) is 32.5 Å². The van der Waals surface area contributed by atoms with Crippen molar-refractivity contribution in [2.24, 2.45) is 5.92 Å². The van der Waals surface area contributed by atoms with Gasteiger partial charge in [-0.2, -0.15) is 0 Å². The van der Waals surface area contributed by atoms with E-state index >= 15 is 0 Å². The van der Waals surface area contributed by atoms with Gasteiger partial charge in [-0.3, -0.25) is 9.88 Å². The second-order valence-corrected chi connectivity index (χ2v) is 9.35. The Morgan fingerprint density at radius 2 is 1.89 bits per heavy atom. The number of rotatable bonds is 4. The van der Waals surface area contributed by atoms with Crippen molar-refractivity contribution in [3.63, 3.8) is 0 Å². The minimum atomic E-state index is -1.35. The molecule has 1 saturated heterocycles. The van der Waals surface area contributed by atoms with Crippen molar-refractivity contribution in [2.45, 2.75) is 46.3 Å². The molecule has 148 valence electrons. The molecule has 6 heteroatoms. The highest BCUT2D eigenvalue weighted by molar-refractivity contribution is 7.18. The maximum absolute atomic E-state index is 14.8. The summed E-state index contributed by atoms with van der Waals surface area (Å²) in [6.07, 6.45) is 1.93. The third-order valence-corrected chi connectivity index (χ3v) is 6.60. The van der Waals surface area contributed by atoms with Crippen LogP contribution in [0.3, 0.4) is 0 Å². The van der Waals surface area contributed by atoms with Gasteiger partial charge in [-0.25, -0.2) is 9.37 Å². The molecule has 1 aliphatic heterocycles. The smallest absolute Gasteiger partial charge is 0.144 e. The topological polar surface area (TPSA) is 49.2 Å². The van der Waals surface area contributed by atoms with E-state index in [1.807, 2.05) is 25.7 Å².